The van der Waals surface area contributed by atoms with E-state index in [-0.39, 0.29) is 5.82 Å². The summed E-state index contributed by atoms with van der Waals surface area (Å²) in [5, 5.41) is 11.9. The standard InChI is InChI=1S/C12H15FN2O/c13-11-3-1-2-10(8-11)9-15-6-4-12(14-16)5-7-15/h1-3,8,16H,4-7,9H2. The Morgan fingerprint density at radius 3 is 2.69 bits per heavy atom. The average Bonchev–Trinajstić information content (AvgIpc) is 2.30. The molecule has 0 aromatic heterocycles. The molecular weight excluding hydrogens is 207 g/mol. The van der Waals surface area contributed by atoms with E-state index < -0.39 is 0 Å². The van der Waals surface area contributed by atoms with Crippen LogP contribution in [-0.2, 0) is 6.54 Å². The van der Waals surface area contributed by atoms with Crippen molar-refractivity contribution in [3.8, 4) is 0 Å². The minimum absolute atomic E-state index is 0.188. The van der Waals surface area contributed by atoms with Crippen LogP contribution in [0, 0.1) is 5.82 Å². The lowest BCUT2D eigenvalue weighted by atomic mass is 10.1. The van der Waals surface area contributed by atoms with Crippen molar-refractivity contribution < 1.29 is 9.60 Å². The normalized spacial score (nSPS) is 17.4. The van der Waals surface area contributed by atoms with Gasteiger partial charge in [-0.25, -0.2) is 4.39 Å². The Bertz CT molecular complexity index is 382. The quantitative estimate of drug-likeness (QED) is 0.615. The number of piperidine rings is 1. The number of rotatable bonds is 2. The monoisotopic (exact) mass is 222 g/mol. The van der Waals surface area contributed by atoms with Gasteiger partial charge in [-0.2, -0.15) is 0 Å². The highest BCUT2D eigenvalue weighted by atomic mass is 19.1. The molecule has 1 aromatic rings. The van der Waals surface area contributed by atoms with E-state index >= 15 is 0 Å². The molecule has 3 nitrogen and oxygen atoms in total. The number of hydrogen-bond donors (Lipinski definition) is 1. The summed E-state index contributed by atoms with van der Waals surface area (Å²) in [5.41, 5.74) is 1.85. The molecule has 0 radical (unpaired) electrons. The third-order valence-electron chi connectivity index (χ3n) is 2.87. The van der Waals surface area contributed by atoms with E-state index in [2.05, 4.69) is 10.1 Å². The molecule has 0 spiro atoms. The second-order valence-corrected chi connectivity index (χ2v) is 4.07. The molecule has 1 aliphatic rings. The summed E-state index contributed by atoms with van der Waals surface area (Å²) in [6.45, 7) is 2.50. The molecule has 86 valence electrons. The van der Waals surface area contributed by atoms with Crippen molar-refractivity contribution in [2.75, 3.05) is 13.1 Å². The third-order valence-corrected chi connectivity index (χ3v) is 2.87. The SMILES string of the molecule is ON=C1CCN(Cc2cccc(F)c2)CC1. The minimum Gasteiger partial charge on any atom is -0.411 e. The number of halogens is 1. The lowest BCUT2D eigenvalue weighted by molar-refractivity contribution is 0.256. The molecular formula is C12H15FN2O. The van der Waals surface area contributed by atoms with Crippen LogP contribution < -0.4 is 0 Å². The van der Waals surface area contributed by atoms with Crippen molar-refractivity contribution in [1.29, 1.82) is 0 Å². The van der Waals surface area contributed by atoms with Gasteiger partial charge in [0.1, 0.15) is 5.82 Å². The number of likely N-dealkylation sites (tertiary alicyclic amines) is 1. The van der Waals surface area contributed by atoms with Crippen LogP contribution in [0.5, 0.6) is 0 Å². The fourth-order valence-corrected chi connectivity index (χ4v) is 1.96. The van der Waals surface area contributed by atoms with Crippen LogP contribution in [0.2, 0.25) is 0 Å². The van der Waals surface area contributed by atoms with E-state index in [1.165, 1.54) is 6.07 Å². The number of oxime groups is 1. The van der Waals surface area contributed by atoms with Crippen molar-refractivity contribution in [1.82, 2.24) is 4.90 Å². The third kappa shape index (κ3) is 2.79. The van der Waals surface area contributed by atoms with Gasteiger partial charge in [0, 0.05) is 32.5 Å². The highest BCUT2D eigenvalue weighted by Gasteiger charge is 2.15. The van der Waals surface area contributed by atoms with Gasteiger partial charge in [0.2, 0.25) is 0 Å². The number of nitrogens with zero attached hydrogens (tertiary/aromatic N) is 2. The largest absolute Gasteiger partial charge is 0.411 e. The van der Waals surface area contributed by atoms with E-state index in [0.717, 1.165) is 43.8 Å². The molecule has 0 aliphatic carbocycles. The Kier molecular flexibility index (Phi) is 3.51. The van der Waals surface area contributed by atoms with Gasteiger partial charge in [-0.05, 0) is 17.7 Å². The predicted molar refractivity (Wildman–Crippen MR) is 60.1 cm³/mol. The molecule has 16 heavy (non-hydrogen) atoms. The van der Waals surface area contributed by atoms with Gasteiger partial charge in [-0.15, -0.1) is 0 Å². The first-order valence-electron chi connectivity index (χ1n) is 5.44. The molecule has 0 amide bonds. The van der Waals surface area contributed by atoms with Gasteiger partial charge < -0.3 is 5.21 Å². The summed E-state index contributed by atoms with van der Waals surface area (Å²) in [6, 6.07) is 6.68. The van der Waals surface area contributed by atoms with E-state index in [0.29, 0.717) is 0 Å². The van der Waals surface area contributed by atoms with E-state index in [1.54, 1.807) is 12.1 Å². The summed E-state index contributed by atoms with van der Waals surface area (Å²) in [7, 11) is 0. The topological polar surface area (TPSA) is 35.8 Å². The highest BCUT2D eigenvalue weighted by molar-refractivity contribution is 5.84. The Labute approximate surface area is 94.2 Å². The summed E-state index contributed by atoms with van der Waals surface area (Å²) in [5.74, 6) is -0.188. The Morgan fingerprint density at radius 1 is 1.31 bits per heavy atom. The lowest BCUT2D eigenvalue weighted by Crippen LogP contribution is -2.33. The maximum absolute atomic E-state index is 13.0. The van der Waals surface area contributed by atoms with Crippen LogP contribution in [0.3, 0.4) is 0 Å². The number of benzene rings is 1. The smallest absolute Gasteiger partial charge is 0.123 e. The van der Waals surface area contributed by atoms with E-state index in [4.69, 9.17) is 5.21 Å². The van der Waals surface area contributed by atoms with E-state index in [1.807, 2.05) is 6.07 Å². The maximum Gasteiger partial charge on any atom is 0.123 e. The van der Waals surface area contributed by atoms with Crippen molar-refractivity contribution in [2.45, 2.75) is 19.4 Å². The maximum atomic E-state index is 13.0. The Hall–Kier alpha value is -1.42. The Morgan fingerprint density at radius 2 is 2.06 bits per heavy atom. The van der Waals surface area contributed by atoms with Crippen LogP contribution >= 0.6 is 0 Å². The molecule has 4 heteroatoms. The summed E-state index contributed by atoms with van der Waals surface area (Å²) in [6.07, 6.45) is 1.59. The highest BCUT2D eigenvalue weighted by Crippen LogP contribution is 2.12. The first-order valence-corrected chi connectivity index (χ1v) is 5.44. The summed E-state index contributed by atoms with van der Waals surface area (Å²) >= 11 is 0. The summed E-state index contributed by atoms with van der Waals surface area (Å²) < 4.78 is 13.0. The lowest BCUT2D eigenvalue weighted by Gasteiger charge is -2.26. The molecule has 0 saturated carbocycles. The van der Waals surface area contributed by atoms with Gasteiger partial charge in [0.25, 0.3) is 0 Å². The molecule has 0 unspecified atom stereocenters. The van der Waals surface area contributed by atoms with E-state index in [9.17, 15) is 4.39 Å². The van der Waals surface area contributed by atoms with Crippen molar-refractivity contribution >= 4 is 5.71 Å². The van der Waals surface area contributed by atoms with Crippen molar-refractivity contribution in [2.24, 2.45) is 5.16 Å². The second kappa shape index (κ2) is 5.07. The van der Waals surface area contributed by atoms with Gasteiger partial charge in [0.05, 0.1) is 5.71 Å². The molecule has 0 bridgehead atoms. The van der Waals surface area contributed by atoms with Crippen molar-refractivity contribution in [3.63, 3.8) is 0 Å². The van der Waals surface area contributed by atoms with Gasteiger partial charge in [-0.1, -0.05) is 17.3 Å². The molecule has 0 atom stereocenters. The first-order chi connectivity index (χ1) is 7.78. The fraction of sp³-hybridized carbons (Fsp3) is 0.417. The van der Waals surface area contributed by atoms with Gasteiger partial charge >= 0.3 is 0 Å². The zero-order valence-corrected chi connectivity index (χ0v) is 9.06. The molecule has 1 saturated heterocycles. The van der Waals surface area contributed by atoms with Gasteiger partial charge in [-0.3, -0.25) is 4.90 Å². The molecule has 1 heterocycles. The van der Waals surface area contributed by atoms with Crippen molar-refractivity contribution in [3.05, 3.63) is 35.6 Å². The fourth-order valence-electron chi connectivity index (χ4n) is 1.96. The van der Waals surface area contributed by atoms with Crippen LogP contribution in [0.4, 0.5) is 4.39 Å². The minimum atomic E-state index is -0.188. The summed E-state index contributed by atoms with van der Waals surface area (Å²) in [4.78, 5) is 2.24. The van der Waals surface area contributed by atoms with Gasteiger partial charge in [0.15, 0.2) is 0 Å². The molecule has 2 rings (SSSR count). The van der Waals surface area contributed by atoms with Crippen LogP contribution in [0.25, 0.3) is 0 Å². The Balaban J connectivity index is 1.92. The average molecular weight is 222 g/mol. The molecule has 1 aromatic carbocycles. The second-order valence-electron chi connectivity index (χ2n) is 4.07. The predicted octanol–water partition coefficient (Wildman–Crippen LogP) is 2.25. The number of hydrogen-bond acceptors (Lipinski definition) is 3. The van der Waals surface area contributed by atoms with Crippen LogP contribution in [0.15, 0.2) is 29.4 Å². The zero-order valence-electron chi connectivity index (χ0n) is 9.06. The molecule has 1 fully saturated rings. The zero-order chi connectivity index (χ0) is 11.4. The molecule has 1 aliphatic heterocycles. The van der Waals surface area contributed by atoms with Crippen LogP contribution in [-0.4, -0.2) is 28.9 Å². The molecule has 1 N–H and O–H groups in total. The van der Waals surface area contributed by atoms with Crippen LogP contribution in [0.1, 0.15) is 18.4 Å². The first kappa shape index (κ1) is 11.1.